The molecule has 2 atom stereocenters. The smallest absolute Gasteiger partial charge is 0.227 e. The van der Waals surface area contributed by atoms with Crippen LogP contribution in [0.25, 0.3) is 22.3 Å². The molecule has 0 radical (unpaired) electrons. The van der Waals surface area contributed by atoms with Crippen LogP contribution >= 0.6 is 0 Å². The standard InChI is InChI=1S/C25H31N5O4/c1-16-14-34-11-9-30(16)24-20-6-7-21(17-5-8-22(32-2)18(12-17)13-31)27-23(20)28-25(29-24)26-19-4-3-10-33-15-19/h5-8,12,16,19,31H,3-4,9-11,13-15H2,1-2H3,(H,26,27,28,29). The largest absolute Gasteiger partial charge is 0.496 e. The zero-order valence-electron chi connectivity index (χ0n) is 19.7. The molecule has 34 heavy (non-hydrogen) atoms. The van der Waals surface area contributed by atoms with Gasteiger partial charge < -0.3 is 29.5 Å². The normalized spacial score (nSPS) is 21.0. The molecule has 2 N–H and O–H groups in total. The molecule has 180 valence electrons. The van der Waals surface area contributed by atoms with Crippen LogP contribution in [0.15, 0.2) is 30.3 Å². The Morgan fingerprint density at radius 1 is 1.12 bits per heavy atom. The third-order valence-corrected chi connectivity index (χ3v) is 6.42. The Morgan fingerprint density at radius 2 is 2.00 bits per heavy atom. The van der Waals surface area contributed by atoms with Gasteiger partial charge in [-0.05, 0) is 50.1 Å². The van der Waals surface area contributed by atoms with E-state index >= 15 is 0 Å². The summed E-state index contributed by atoms with van der Waals surface area (Å²) in [6, 6.07) is 10.1. The van der Waals surface area contributed by atoms with E-state index in [1.807, 2.05) is 30.3 Å². The molecule has 2 fully saturated rings. The van der Waals surface area contributed by atoms with Crippen molar-refractivity contribution in [3.05, 3.63) is 35.9 Å². The monoisotopic (exact) mass is 465 g/mol. The Labute approximate surface area is 199 Å². The van der Waals surface area contributed by atoms with Gasteiger partial charge in [0.15, 0.2) is 5.65 Å². The van der Waals surface area contributed by atoms with Crippen molar-refractivity contribution in [1.29, 1.82) is 0 Å². The number of aliphatic hydroxyl groups is 1. The molecule has 2 unspecified atom stereocenters. The molecule has 4 heterocycles. The van der Waals surface area contributed by atoms with Crippen LogP contribution in [-0.4, -0.2) is 72.2 Å². The van der Waals surface area contributed by atoms with Crippen molar-refractivity contribution in [2.75, 3.05) is 50.3 Å². The average molecular weight is 466 g/mol. The first-order valence-electron chi connectivity index (χ1n) is 11.8. The zero-order valence-corrected chi connectivity index (χ0v) is 19.7. The highest BCUT2D eigenvalue weighted by atomic mass is 16.5. The minimum absolute atomic E-state index is 0.108. The van der Waals surface area contributed by atoms with E-state index in [2.05, 4.69) is 17.1 Å². The quantitative estimate of drug-likeness (QED) is 0.569. The van der Waals surface area contributed by atoms with Crippen molar-refractivity contribution in [2.24, 2.45) is 0 Å². The molecule has 0 saturated carbocycles. The van der Waals surface area contributed by atoms with Crippen molar-refractivity contribution in [1.82, 2.24) is 15.0 Å². The fourth-order valence-corrected chi connectivity index (χ4v) is 4.58. The van der Waals surface area contributed by atoms with Crippen molar-refractivity contribution in [2.45, 2.75) is 38.5 Å². The second-order valence-corrected chi connectivity index (χ2v) is 8.80. The molecule has 2 aliphatic heterocycles. The van der Waals surface area contributed by atoms with E-state index in [-0.39, 0.29) is 18.7 Å². The summed E-state index contributed by atoms with van der Waals surface area (Å²) < 4.78 is 16.6. The average Bonchev–Trinajstić information content (AvgIpc) is 2.88. The van der Waals surface area contributed by atoms with Gasteiger partial charge in [0, 0.05) is 24.3 Å². The lowest BCUT2D eigenvalue weighted by atomic mass is 10.1. The number of fused-ring (bicyclic) bond motifs is 1. The maximum Gasteiger partial charge on any atom is 0.227 e. The van der Waals surface area contributed by atoms with Gasteiger partial charge in [-0.15, -0.1) is 0 Å². The predicted molar refractivity (Wildman–Crippen MR) is 130 cm³/mol. The van der Waals surface area contributed by atoms with Crippen molar-refractivity contribution in [3.63, 3.8) is 0 Å². The molecule has 9 heteroatoms. The summed E-state index contributed by atoms with van der Waals surface area (Å²) in [7, 11) is 1.60. The third kappa shape index (κ3) is 4.64. The first-order valence-corrected chi connectivity index (χ1v) is 11.8. The fraction of sp³-hybridized carbons (Fsp3) is 0.480. The van der Waals surface area contributed by atoms with Crippen LogP contribution < -0.4 is 15.0 Å². The van der Waals surface area contributed by atoms with Crippen molar-refractivity contribution in [3.8, 4) is 17.0 Å². The zero-order chi connectivity index (χ0) is 23.5. The van der Waals surface area contributed by atoms with Gasteiger partial charge in [0.05, 0.1) is 56.7 Å². The number of aromatic nitrogens is 3. The summed E-state index contributed by atoms with van der Waals surface area (Å²) in [5.74, 6) is 2.08. The fourth-order valence-electron chi connectivity index (χ4n) is 4.58. The van der Waals surface area contributed by atoms with Gasteiger partial charge in [-0.3, -0.25) is 0 Å². The van der Waals surface area contributed by atoms with Crippen LogP contribution in [0.3, 0.4) is 0 Å². The first-order chi connectivity index (χ1) is 16.7. The van der Waals surface area contributed by atoms with E-state index in [1.165, 1.54) is 0 Å². The number of benzene rings is 1. The number of nitrogens with one attached hydrogen (secondary N) is 1. The van der Waals surface area contributed by atoms with Gasteiger partial charge in [0.1, 0.15) is 11.6 Å². The molecule has 9 nitrogen and oxygen atoms in total. The number of hydrogen-bond acceptors (Lipinski definition) is 9. The lowest BCUT2D eigenvalue weighted by Crippen LogP contribution is -2.44. The van der Waals surface area contributed by atoms with Crippen LogP contribution in [0, 0.1) is 0 Å². The molecule has 1 aromatic carbocycles. The van der Waals surface area contributed by atoms with E-state index in [4.69, 9.17) is 29.2 Å². The number of methoxy groups -OCH3 is 1. The molecule has 5 rings (SSSR count). The van der Waals surface area contributed by atoms with E-state index < -0.39 is 0 Å². The number of rotatable bonds is 6. The van der Waals surface area contributed by atoms with E-state index in [0.717, 1.165) is 48.5 Å². The SMILES string of the molecule is COc1ccc(-c2ccc3c(N4CCOCC4C)nc(NC4CCCOC4)nc3n2)cc1CO. The number of morpholine rings is 1. The van der Waals surface area contributed by atoms with Gasteiger partial charge >= 0.3 is 0 Å². The van der Waals surface area contributed by atoms with Gasteiger partial charge in [-0.25, -0.2) is 4.98 Å². The van der Waals surface area contributed by atoms with E-state index in [9.17, 15) is 5.11 Å². The van der Waals surface area contributed by atoms with E-state index in [1.54, 1.807) is 7.11 Å². The number of aliphatic hydroxyl groups excluding tert-OH is 1. The molecule has 0 amide bonds. The highest BCUT2D eigenvalue weighted by Gasteiger charge is 2.25. The van der Waals surface area contributed by atoms with Gasteiger partial charge in [-0.2, -0.15) is 9.97 Å². The van der Waals surface area contributed by atoms with E-state index in [0.29, 0.717) is 42.7 Å². The number of hydrogen-bond donors (Lipinski definition) is 2. The number of ether oxygens (including phenoxy) is 3. The van der Waals surface area contributed by atoms with Crippen molar-refractivity contribution >= 4 is 22.8 Å². The molecule has 2 saturated heterocycles. The van der Waals surface area contributed by atoms with Crippen molar-refractivity contribution < 1.29 is 19.3 Å². The Morgan fingerprint density at radius 3 is 2.76 bits per heavy atom. The predicted octanol–water partition coefficient (Wildman–Crippen LogP) is 3.01. The van der Waals surface area contributed by atoms with Gasteiger partial charge in [-0.1, -0.05) is 0 Å². The van der Waals surface area contributed by atoms with Gasteiger partial charge in [0.25, 0.3) is 0 Å². The molecule has 2 aliphatic rings. The summed E-state index contributed by atoms with van der Waals surface area (Å²) in [6.07, 6.45) is 2.04. The maximum absolute atomic E-state index is 9.73. The van der Waals surface area contributed by atoms with Crippen LogP contribution in [0.4, 0.5) is 11.8 Å². The molecule has 0 spiro atoms. The third-order valence-electron chi connectivity index (χ3n) is 6.42. The van der Waals surface area contributed by atoms with Crippen LogP contribution in [0.2, 0.25) is 0 Å². The molecule has 0 aliphatic carbocycles. The Bertz CT molecular complexity index is 1150. The minimum Gasteiger partial charge on any atom is -0.496 e. The lowest BCUT2D eigenvalue weighted by Gasteiger charge is -2.35. The highest BCUT2D eigenvalue weighted by molar-refractivity contribution is 5.90. The molecule has 0 bridgehead atoms. The second kappa shape index (κ2) is 10.1. The molecule has 2 aromatic heterocycles. The number of anilines is 2. The summed E-state index contributed by atoms with van der Waals surface area (Å²) in [6.45, 7) is 5.57. The Kier molecular flexibility index (Phi) is 6.75. The molecular formula is C25H31N5O4. The maximum atomic E-state index is 9.73. The minimum atomic E-state index is -0.108. The topological polar surface area (TPSA) is 102 Å². The van der Waals surface area contributed by atoms with Gasteiger partial charge in [0.2, 0.25) is 5.95 Å². The van der Waals surface area contributed by atoms with Crippen LogP contribution in [0.1, 0.15) is 25.3 Å². The number of nitrogens with zero attached hydrogens (tertiary/aromatic N) is 4. The van der Waals surface area contributed by atoms with Crippen LogP contribution in [0.5, 0.6) is 5.75 Å². The Balaban J connectivity index is 1.57. The number of pyridine rings is 1. The first kappa shape index (κ1) is 22.8. The summed E-state index contributed by atoms with van der Waals surface area (Å²) in [4.78, 5) is 16.9. The summed E-state index contributed by atoms with van der Waals surface area (Å²) in [5, 5.41) is 14.1. The Hall–Kier alpha value is -3.01. The highest BCUT2D eigenvalue weighted by Crippen LogP contribution is 2.31. The van der Waals surface area contributed by atoms with Crippen LogP contribution in [-0.2, 0) is 16.1 Å². The molecular weight excluding hydrogens is 434 g/mol. The summed E-state index contributed by atoms with van der Waals surface area (Å²) >= 11 is 0. The molecule has 3 aromatic rings. The summed E-state index contributed by atoms with van der Waals surface area (Å²) in [5.41, 5.74) is 3.01. The lowest BCUT2D eigenvalue weighted by molar-refractivity contribution is 0.0874. The second-order valence-electron chi connectivity index (χ2n) is 8.80.